The normalized spacial score (nSPS) is 16.9. The fourth-order valence-corrected chi connectivity index (χ4v) is 3.89. The average Bonchev–Trinajstić information content (AvgIpc) is 2.73. The summed E-state index contributed by atoms with van der Waals surface area (Å²) in [6, 6.07) is 14.5. The zero-order valence-electron chi connectivity index (χ0n) is 16.9. The third kappa shape index (κ3) is 5.30. The van der Waals surface area contributed by atoms with Crippen molar-refractivity contribution in [2.75, 3.05) is 18.8 Å². The molecular formula is C23H28ClN3O2. The molecule has 0 aliphatic carbocycles. The highest BCUT2D eigenvalue weighted by atomic mass is 35.5. The molecule has 1 aliphatic heterocycles. The van der Waals surface area contributed by atoms with Crippen LogP contribution in [0.5, 0.6) is 0 Å². The van der Waals surface area contributed by atoms with E-state index in [1.54, 1.807) is 24.3 Å². The Hall–Kier alpha value is -2.53. The molecule has 5 nitrogen and oxygen atoms in total. The van der Waals surface area contributed by atoms with E-state index in [1.165, 1.54) is 5.56 Å². The zero-order chi connectivity index (χ0) is 21.0. The van der Waals surface area contributed by atoms with Gasteiger partial charge in [0.15, 0.2) is 0 Å². The van der Waals surface area contributed by atoms with Gasteiger partial charge < -0.3 is 16.0 Å². The van der Waals surface area contributed by atoms with Gasteiger partial charge in [0, 0.05) is 35.4 Å². The minimum atomic E-state index is -0.299. The minimum absolute atomic E-state index is 0.0833. The second kappa shape index (κ2) is 9.31. The van der Waals surface area contributed by atoms with Crippen molar-refractivity contribution in [3.05, 3.63) is 64.7 Å². The Bertz CT molecular complexity index is 861. The molecule has 0 saturated carbocycles. The molecule has 1 heterocycles. The van der Waals surface area contributed by atoms with Crippen LogP contribution in [-0.4, -0.2) is 35.8 Å². The van der Waals surface area contributed by atoms with Crippen LogP contribution in [0.4, 0.5) is 5.69 Å². The first-order valence-corrected chi connectivity index (χ1v) is 10.4. The topological polar surface area (TPSA) is 75.4 Å². The number of rotatable bonds is 5. The fraction of sp³-hybridized carbons (Fsp3) is 0.391. The Balaban J connectivity index is 1.53. The summed E-state index contributed by atoms with van der Waals surface area (Å²) in [6.07, 6.45) is 1.87. The molecule has 29 heavy (non-hydrogen) atoms. The van der Waals surface area contributed by atoms with Crippen molar-refractivity contribution in [2.45, 2.75) is 38.6 Å². The molecule has 0 spiro atoms. The van der Waals surface area contributed by atoms with Crippen LogP contribution in [0.25, 0.3) is 0 Å². The lowest BCUT2D eigenvalue weighted by Gasteiger charge is -2.35. The van der Waals surface area contributed by atoms with Gasteiger partial charge in [-0.2, -0.15) is 0 Å². The summed E-state index contributed by atoms with van der Waals surface area (Å²) in [6.45, 7) is 5.20. The molecule has 2 atom stereocenters. The van der Waals surface area contributed by atoms with Crippen molar-refractivity contribution < 1.29 is 9.59 Å². The first kappa shape index (κ1) is 21.2. The molecule has 2 aromatic rings. The number of hydrogen-bond donors (Lipinski definition) is 2. The second-order valence-corrected chi connectivity index (χ2v) is 8.26. The molecule has 0 aromatic heterocycles. The van der Waals surface area contributed by atoms with Crippen LogP contribution in [0.2, 0.25) is 5.02 Å². The summed E-state index contributed by atoms with van der Waals surface area (Å²) < 4.78 is 0. The molecule has 1 aliphatic rings. The minimum Gasteiger partial charge on any atom is -0.399 e. The molecule has 154 valence electrons. The summed E-state index contributed by atoms with van der Waals surface area (Å²) in [4.78, 5) is 27.3. The highest BCUT2D eigenvalue weighted by Gasteiger charge is 2.30. The Kier molecular flexibility index (Phi) is 6.80. The number of benzene rings is 2. The van der Waals surface area contributed by atoms with Crippen molar-refractivity contribution in [2.24, 2.45) is 5.92 Å². The molecule has 6 heteroatoms. The van der Waals surface area contributed by atoms with Crippen LogP contribution >= 0.6 is 11.6 Å². The van der Waals surface area contributed by atoms with E-state index in [1.807, 2.05) is 30.9 Å². The number of anilines is 1. The van der Waals surface area contributed by atoms with E-state index in [0.29, 0.717) is 17.2 Å². The zero-order valence-corrected chi connectivity index (χ0v) is 17.7. The molecule has 0 bridgehead atoms. The van der Waals surface area contributed by atoms with Gasteiger partial charge >= 0.3 is 0 Å². The van der Waals surface area contributed by atoms with Crippen molar-refractivity contribution in [1.82, 2.24) is 10.2 Å². The van der Waals surface area contributed by atoms with E-state index in [2.05, 4.69) is 17.4 Å². The van der Waals surface area contributed by atoms with Crippen molar-refractivity contribution >= 4 is 29.1 Å². The lowest BCUT2D eigenvalue weighted by molar-refractivity contribution is -0.136. The van der Waals surface area contributed by atoms with E-state index < -0.39 is 0 Å². The molecule has 3 N–H and O–H groups in total. The molecule has 1 saturated heterocycles. The van der Waals surface area contributed by atoms with Gasteiger partial charge in [-0.1, -0.05) is 36.7 Å². The Labute approximate surface area is 177 Å². The summed E-state index contributed by atoms with van der Waals surface area (Å²) in [7, 11) is 0. The number of hydrogen-bond acceptors (Lipinski definition) is 3. The van der Waals surface area contributed by atoms with Gasteiger partial charge in [0.1, 0.15) is 0 Å². The van der Waals surface area contributed by atoms with Gasteiger partial charge in [0.25, 0.3) is 5.91 Å². The SMILES string of the molecule is CC(NC(=O)c1cccc(N)c1)C(C)C(=O)N1CCC(c2ccc(Cl)cc2)CC1. The lowest BCUT2D eigenvalue weighted by Crippen LogP contribution is -2.47. The number of likely N-dealkylation sites (tertiary alicyclic amines) is 1. The molecule has 2 aromatic carbocycles. The third-order valence-electron chi connectivity index (χ3n) is 5.80. The lowest BCUT2D eigenvalue weighted by atomic mass is 9.88. The summed E-state index contributed by atoms with van der Waals surface area (Å²) in [5.74, 6) is 0.0187. The molecular weight excluding hydrogens is 386 g/mol. The maximum absolute atomic E-state index is 12.9. The van der Waals surface area contributed by atoms with Gasteiger partial charge in [-0.25, -0.2) is 0 Å². The molecule has 3 rings (SSSR count). The summed E-state index contributed by atoms with van der Waals surface area (Å²) >= 11 is 5.97. The predicted molar refractivity (Wildman–Crippen MR) is 117 cm³/mol. The maximum atomic E-state index is 12.9. The van der Waals surface area contributed by atoms with Gasteiger partial charge in [0.05, 0.1) is 5.92 Å². The molecule has 0 radical (unpaired) electrons. The van der Waals surface area contributed by atoms with Gasteiger partial charge in [-0.3, -0.25) is 9.59 Å². The number of amides is 2. The van der Waals surface area contributed by atoms with E-state index in [4.69, 9.17) is 17.3 Å². The number of carbonyl (C=O) groups is 2. The maximum Gasteiger partial charge on any atom is 0.251 e. The van der Waals surface area contributed by atoms with Crippen LogP contribution in [0.15, 0.2) is 48.5 Å². The number of nitrogens with one attached hydrogen (secondary N) is 1. The van der Waals surface area contributed by atoms with E-state index >= 15 is 0 Å². The Morgan fingerprint density at radius 1 is 1.10 bits per heavy atom. The average molecular weight is 414 g/mol. The first-order valence-electron chi connectivity index (χ1n) is 10.1. The number of piperidine rings is 1. The highest BCUT2D eigenvalue weighted by molar-refractivity contribution is 6.30. The predicted octanol–water partition coefficient (Wildman–Crippen LogP) is 4.08. The van der Waals surface area contributed by atoms with E-state index in [9.17, 15) is 9.59 Å². The summed E-state index contributed by atoms with van der Waals surface area (Å²) in [5, 5.41) is 3.67. The number of halogens is 1. The number of nitrogens with two attached hydrogens (primary N) is 1. The quantitative estimate of drug-likeness (QED) is 0.725. The van der Waals surface area contributed by atoms with Crippen LogP contribution in [-0.2, 0) is 4.79 Å². The molecule has 1 fully saturated rings. The second-order valence-electron chi connectivity index (χ2n) is 7.83. The van der Waals surface area contributed by atoms with Crippen LogP contribution < -0.4 is 11.1 Å². The van der Waals surface area contributed by atoms with Gasteiger partial charge in [-0.15, -0.1) is 0 Å². The van der Waals surface area contributed by atoms with Crippen LogP contribution in [0, 0.1) is 5.92 Å². The highest BCUT2D eigenvalue weighted by Crippen LogP contribution is 2.29. The monoisotopic (exact) mass is 413 g/mol. The number of carbonyl (C=O) groups excluding carboxylic acids is 2. The smallest absolute Gasteiger partial charge is 0.251 e. The standard InChI is InChI=1S/C23H28ClN3O2/c1-15(16(2)26-22(28)19-4-3-5-21(25)14-19)23(29)27-12-10-18(11-13-27)17-6-8-20(24)9-7-17/h3-9,14-16,18H,10-13,25H2,1-2H3,(H,26,28). The summed E-state index contributed by atoms with van der Waals surface area (Å²) in [5.41, 5.74) is 8.06. The Morgan fingerprint density at radius 2 is 1.76 bits per heavy atom. The van der Waals surface area contributed by atoms with Gasteiger partial charge in [-0.05, 0) is 61.6 Å². The fourth-order valence-electron chi connectivity index (χ4n) is 3.77. The molecule has 2 unspecified atom stereocenters. The van der Waals surface area contributed by atoms with E-state index in [0.717, 1.165) is 31.0 Å². The number of nitrogen functional groups attached to an aromatic ring is 1. The van der Waals surface area contributed by atoms with Crippen molar-refractivity contribution in [1.29, 1.82) is 0 Å². The van der Waals surface area contributed by atoms with Crippen molar-refractivity contribution in [3.63, 3.8) is 0 Å². The molecule has 2 amide bonds. The third-order valence-corrected chi connectivity index (χ3v) is 6.05. The van der Waals surface area contributed by atoms with Gasteiger partial charge in [0.2, 0.25) is 5.91 Å². The van der Waals surface area contributed by atoms with E-state index in [-0.39, 0.29) is 23.8 Å². The Morgan fingerprint density at radius 3 is 2.38 bits per heavy atom. The van der Waals surface area contributed by atoms with Crippen LogP contribution in [0.1, 0.15) is 48.5 Å². The first-order chi connectivity index (χ1) is 13.8. The largest absolute Gasteiger partial charge is 0.399 e. The number of nitrogens with zero attached hydrogens (tertiary/aromatic N) is 1. The van der Waals surface area contributed by atoms with Crippen LogP contribution in [0.3, 0.4) is 0 Å². The van der Waals surface area contributed by atoms with Crippen molar-refractivity contribution in [3.8, 4) is 0 Å².